The Morgan fingerprint density at radius 1 is 1.04 bits per heavy atom. The van der Waals surface area contributed by atoms with E-state index in [1.54, 1.807) is 43.4 Å². The van der Waals surface area contributed by atoms with Gasteiger partial charge in [0, 0.05) is 25.6 Å². The molecule has 0 unspecified atom stereocenters. The van der Waals surface area contributed by atoms with Crippen LogP contribution in [0.3, 0.4) is 0 Å². The number of nitrogens with zero attached hydrogens (tertiary/aromatic N) is 1. The fourth-order valence-corrected chi connectivity index (χ4v) is 2.58. The first kappa shape index (κ1) is 19.3. The average Bonchev–Trinajstić information content (AvgIpc) is 2.62. The average molecular weight is 356 g/mol. The maximum absolute atomic E-state index is 12.3. The minimum absolute atomic E-state index is 0.129. The van der Waals surface area contributed by atoms with Crippen molar-refractivity contribution in [1.82, 2.24) is 0 Å². The van der Waals surface area contributed by atoms with Crippen LogP contribution in [0.4, 0.5) is 11.4 Å². The van der Waals surface area contributed by atoms with E-state index in [1.807, 2.05) is 25.1 Å². The Bertz CT molecular complexity index is 772. The number of ether oxygens (including phenoxy) is 2. The van der Waals surface area contributed by atoms with Crippen LogP contribution >= 0.6 is 0 Å². The fourth-order valence-electron chi connectivity index (χ4n) is 2.58. The Hall–Kier alpha value is -3.02. The summed E-state index contributed by atoms with van der Waals surface area (Å²) in [4.78, 5) is 25.8. The lowest BCUT2D eigenvalue weighted by Crippen LogP contribution is -2.31. The van der Waals surface area contributed by atoms with Gasteiger partial charge in [-0.05, 0) is 48.9 Å². The van der Waals surface area contributed by atoms with Crippen LogP contribution in [0.25, 0.3) is 0 Å². The fraction of sp³-hybridized carbons (Fsp3) is 0.300. The van der Waals surface area contributed by atoms with E-state index >= 15 is 0 Å². The van der Waals surface area contributed by atoms with Gasteiger partial charge in [-0.3, -0.25) is 9.59 Å². The van der Waals surface area contributed by atoms with Gasteiger partial charge in [0.15, 0.2) is 0 Å². The number of hydrogen-bond donors (Lipinski definition) is 1. The lowest BCUT2D eigenvalue weighted by Gasteiger charge is -2.21. The number of rotatable bonds is 7. The molecule has 0 atom stereocenters. The zero-order valence-corrected chi connectivity index (χ0v) is 15.5. The molecule has 138 valence electrons. The lowest BCUT2D eigenvalue weighted by atomic mass is 10.2. The number of anilines is 2. The summed E-state index contributed by atoms with van der Waals surface area (Å²) in [6, 6.07) is 12.7. The van der Waals surface area contributed by atoms with E-state index in [4.69, 9.17) is 9.47 Å². The Labute approximate surface area is 153 Å². The Kier molecular flexibility index (Phi) is 6.60. The molecule has 26 heavy (non-hydrogen) atoms. The van der Waals surface area contributed by atoms with Gasteiger partial charge < -0.3 is 19.7 Å². The van der Waals surface area contributed by atoms with E-state index in [9.17, 15) is 9.59 Å². The molecule has 2 rings (SSSR count). The maximum atomic E-state index is 12.3. The molecular weight excluding hydrogens is 332 g/mol. The van der Waals surface area contributed by atoms with Crippen LogP contribution in [0.2, 0.25) is 0 Å². The van der Waals surface area contributed by atoms with Gasteiger partial charge in [0.2, 0.25) is 11.8 Å². The normalized spacial score (nSPS) is 10.2. The molecule has 6 heteroatoms. The number of methoxy groups -OCH3 is 2. The summed E-state index contributed by atoms with van der Waals surface area (Å²) >= 11 is 0. The van der Waals surface area contributed by atoms with Crippen molar-refractivity contribution in [2.75, 3.05) is 31.0 Å². The van der Waals surface area contributed by atoms with Crippen molar-refractivity contribution >= 4 is 23.2 Å². The van der Waals surface area contributed by atoms with Crippen molar-refractivity contribution in [3.63, 3.8) is 0 Å². The van der Waals surface area contributed by atoms with Crippen molar-refractivity contribution in [1.29, 1.82) is 0 Å². The van der Waals surface area contributed by atoms with E-state index in [1.165, 1.54) is 6.92 Å². The van der Waals surface area contributed by atoms with E-state index in [0.29, 0.717) is 17.2 Å². The van der Waals surface area contributed by atoms with Crippen molar-refractivity contribution < 1.29 is 19.1 Å². The van der Waals surface area contributed by atoms with Gasteiger partial charge in [0.05, 0.1) is 19.9 Å². The summed E-state index contributed by atoms with van der Waals surface area (Å²) in [6.07, 6.45) is 0.169. The molecule has 0 aliphatic heterocycles. The van der Waals surface area contributed by atoms with Crippen LogP contribution in [0.15, 0.2) is 42.5 Å². The molecule has 1 N–H and O–H groups in total. The molecule has 6 nitrogen and oxygen atoms in total. The number of hydrogen-bond acceptors (Lipinski definition) is 4. The van der Waals surface area contributed by atoms with E-state index in [-0.39, 0.29) is 24.8 Å². The summed E-state index contributed by atoms with van der Waals surface area (Å²) in [5.74, 6) is 0.994. The molecule has 0 aromatic heterocycles. The van der Waals surface area contributed by atoms with Gasteiger partial charge in [0.25, 0.3) is 0 Å². The number of benzene rings is 2. The summed E-state index contributed by atoms with van der Waals surface area (Å²) in [7, 11) is 3.14. The highest BCUT2D eigenvalue weighted by atomic mass is 16.5. The highest BCUT2D eigenvalue weighted by Gasteiger charge is 2.15. The zero-order valence-electron chi connectivity index (χ0n) is 15.5. The third kappa shape index (κ3) is 4.99. The molecule has 0 aliphatic rings. The first-order chi connectivity index (χ1) is 12.4. The van der Waals surface area contributed by atoms with Crippen LogP contribution in [0.1, 0.15) is 18.9 Å². The minimum Gasteiger partial charge on any atom is -0.497 e. The maximum Gasteiger partial charge on any atom is 0.226 e. The SMILES string of the molecule is COc1ccc(N(CCC(=O)Nc2cc(C)ccc2OC)C(C)=O)cc1. The van der Waals surface area contributed by atoms with Gasteiger partial charge in [-0.2, -0.15) is 0 Å². The van der Waals surface area contributed by atoms with Gasteiger partial charge in [-0.25, -0.2) is 0 Å². The van der Waals surface area contributed by atoms with Gasteiger partial charge >= 0.3 is 0 Å². The Morgan fingerprint density at radius 2 is 1.73 bits per heavy atom. The second kappa shape index (κ2) is 8.89. The van der Waals surface area contributed by atoms with E-state index in [0.717, 1.165) is 11.3 Å². The molecule has 0 bridgehead atoms. The molecule has 0 saturated heterocycles. The Morgan fingerprint density at radius 3 is 2.31 bits per heavy atom. The molecule has 2 aromatic carbocycles. The van der Waals surface area contributed by atoms with Gasteiger partial charge in [0.1, 0.15) is 11.5 Å². The number of amides is 2. The second-order valence-electron chi connectivity index (χ2n) is 5.87. The summed E-state index contributed by atoms with van der Waals surface area (Å²) in [5, 5.41) is 2.84. The van der Waals surface area contributed by atoms with Crippen molar-refractivity contribution in [2.45, 2.75) is 20.3 Å². The molecule has 0 saturated carbocycles. The van der Waals surface area contributed by atoms with E-state index < -0.39 is 0 Å². The lowest BCUT2D eigenvalue weighted by molar-refractivity contribution is -0.117. The Balaban J connectivity index is 2.03. The number of carbonyl (C=O) groups excluding carboxylic acids is 2. The zero-order chi connectivity index (χ0) is 19.1. The standard InChI is InChI=1S/C20H24N2O4/c1-14-5-10-19(26-4)18(13-14)21-20(24)11-12-22(15(2)23)16-6-8-17(25-3)9-7-16/h5-10,13H,11-12H2,1-4H3,(H,21,24). The van der Waals surface area contributed by atoms with Gasteiger partial charge in [-0.1, -0.05) is 6.07 Å². The molecule has 0 heterocycles. The van der Waals surface area contributed by atoms with Crippen LogP contribution in [-0.2, 0) is 9.59 Å². The minimum atomic E-state index is -0.186. The highest BCUT2D eigenvalue weighted by molar-refractivity contribution is 5.95. The van der Waals surface area contributed by atoms with Crippen LogP contribution in [-0.4, -0.2) is 32.6 Å². The van der Waals surface area contributed by atoms with Crippen LogP contribution < -0.4 is 19.7 Å². The highest BCUT2D eigenvalue weighted by Crippen LogP contribution is 2.25. The predicted octanol–water partition coefficient (Wildman–Crippen LogP) is 3.39. The summed E-state index contributed by atoms with van der Waals surface area (Å²) in [5.41, 5.74) is 2.36. The summed E-state index contributed by atoms with van der Waals surface area (Å²) in [6.45, 7) is 3.70. The third-order valence-corrected chi connectivity index (χ3v) is 3.96. The molecule has 0 radical (unpaired) electrons. The molecule has 0 aliphatic carbocycles. The molecule has 0 fully saturated rings. The molecule has 2 aromatic rings. The van der Waals surface area contributed by atoms with E-state index in [2.05, 4.69) is 5.32 Å². The molecular formula is C20H24N2O4. The summed E-state index contributed by atoms with van der Waals surface area (Å²) < 4.78 is 10.4. The van der Waals surface area contributed by atoms with Gasteiger partial charge in [-0.15, -0.1) is 0 Å². The first-order valence-electron chi connectivity index (χ1n) is 8.31. The van der Waals surface area contributed by atoms with Crippen molar-refractivity contribution in [2.24, 2.45) is 0 Å². The second-order valence-corrected chi connectivity index (χ2v) is 5.87. The van der Waals surface area contributed by atoms with Crippen molar-refractivity contribution in [3.05, 3.63) is 48.0 Å². The first-order valence-corrected chi connectivity index (χ1v) is 8.31. The predicted molar refractivity (Wildman–Crippen MR) is 102 cm³/mol. The van der Waals surface area contributed by atoms with Crippen molar-refractivity contribution in [3.8, 4) is 11.5 Å². The molecule has 2 amide bonds. The number of aryl methyl sites for hydroxylation is 1. The number of carbonyl (C=O) groups is 2. The quantitative estimate of drug-likeness (QED) is 0.826. The van der Waals surface area contributed by atoms with Crippen LogP contribution in [0, 0.1) is 6.92 Å². The van der Waals surface area contributed by atoms with Crippen LogP contribution in [0.5, 0.6) is 11.5 Å². The number of nitrogens with one attached hydrogen (secondary N) is 1. The smallest absolute Gasteiger partial charge is 0.226 e. The monoisotopic (exact) mass is 356 g/mol. The molecule has 0 spiro atoms. The third-order valence-electron chi connectivity index (χ3n) is 3.96. The topological polar surface area (TPSA) is 67.9 Å². The largest absolute Gasteiger partial charge is 0.497 e.